The zero-order valence-electron chi connectivity index (χ0n) is 13.0. The van der Waals surface area contributed by atoms with Crippen molar-refractivity contribution in [3.63, 3.8) is 0 Å². The van der Waals surface area contributed by atoms with Crippen LogP contribution in [0.5, 0.6) is 5.75 Å². The molecular formula is C17H19FN2O3. The first-order valence-corrected chi connectivity index (χ1v) is 7.10. The average Bonchev–Trinajstić information content (AvgIpc) is 2.58. The highest BCUT2D eigenvalue weighted by molar-refractivity contribution is 5.89. The topological polar surface area (TPSA) is 59.6 Å². The molecule has 2 aromatic rings. The minimum Gasteiger partial charge on any atom is -0.496 e. The molecule has 0 radical (unpaired) electrons. The molecule has 122 valence electrons. The fourth-order valence-corrected chi connectivity index (χ4v) is 2.17. The fraction of sp³-hybridized carbons (Fsp3) is 0.235. The number of rotatable bonds is 6. The van der Waals surface area contributed by atoms with Crippen LogP contribution in [0.4, 0.5) is 14.9 Å². The van der Waals surface area contributed by atoms with Crippen molar-refractivity contribution in [3.05, 3.63) is 59.9 Å². The molecule has 2 N–H and O–H groups in total. The Morgan fingerprint density at radius 2 is 1.83 bits per heavy atom. The molecule has 0 saturated heterocycles. The van der Waals surface area contributed by atoms with Crippen LogP contribution < -0.4 is 15.4 Å². The van der Waals surface area contributed by atoms with E-state index in [0.717, 1.165) is 5.56 Å². The number of ether oxygens (including phenoxy) is 2. The van der Waals surface area contributed by atoms with Gasteiger partial charge in [-0.15, -0.1) is 0 Å². The lowest BCUT2D eigenvalue weighted by Crippen LogP contribution is -2.33. The summed E-state index contributed by atoms with van der Waals surface area (Å²) in [5.41, 5.74) is 0.944. The molecule has 0 spiro atoms. The molecule has 0 saturated carbocycles. The molecular weight excluding hydrogens is 299 g/mol. The number of hydrogen-bond acceptors (Lipinski definition) is 3. The Morgan fingerprint density at radius 3 is 2.52 bits per heavy atom. The summed E-state index contributed by atoms with van der Waals surface area (Å²) in [7, 11) is 3.12. The van der Waals surface area contributed by atoms with Crippen LogP contribution in [0.3, 0.4) is 0 Å². The highest BCUT2D eigenvalue weighted by Crippen LogP contribution is 2.26. The van der Waals surface area contributed by atoms with Crippen molar-refractivity contribution in [2.45, 2.75) is 6.10 Å². The number of para-hydroxylation sites is 2. The molecule has 1 unspecified atom stereocenters. The lowest BCUT2D eigenvalue weighted by Gasteiger charge is -2.19. The van der Waals surface area contributed by atoms with E-state index in [4.69, 9.17) is 9.47 Å². The number of hydrogen-bond donors (Lipinski definition) is 2. The number of nitrogens with one attached hydrogen (secondary N) is 2. The van der Waals surface area contributed by atoms with Crippen molar-refractivity contribution in [3.8, 4) is 5.75 Å². The molecule has 0 heterocycles. The highest BCUT2D eigenvalue weighted by Gasteiger charge is 2.16. The van der Waals surface area contributed by atoms with Crippen LogP contribution in [0, 0.1) is 5.82 Å². The monoisotopic (exact) mass is 318 g/mol. The Hall–Kier alpha value is -2.60. The van der Waals surface area contributed by atoms with E-state index in [2.05, 4.69) is 10.6 Å². The third kappa shape index (κ3) is 4.43. The van der Waals surface area contributed by atoms with Crippen LogP contribution in [0.25, 0.3) is 0 Å². The summed E-state index contributed by atoms with van der Waals surface area (Å²) in [5.74, 6) is 0.186. The van der Waals surface area contributed by atoms with Gasteiger partial charge in [-0.1, -0.05) is 30.3 Å². The van der Waals surface area contributed by atoms with Gasteiger partial charge in [-0.05, 0) is 18.2 Å². The quantitative estimate of drug-likeness (QED) is 0.859. The SMILES string of the molecule is COc1ccccc1C(CNC(=O)Nc1ccccc1F)OC. The zero-order chi connectivity index (χ0) is 16.7. The summed E-state index contributed by atoms with van der Waals surface area (Å²) in [6, 6.07) is 12.9. The predicted molar refractivity (Wildman–Crippen MR) is 86.2 cm³/mol. The van der Waals surface area contributed by atoms with Crippen molar-refractivity contribution in [2.75, 3.05) is 26.1 Å². The van der Waals surface area contributed by atoms with E-state index in [1.54, 1.807) is 26.4 Å². The largest absolute Gasteiger partial charge is 0.496 e. The van der Waals surface area contributed by atoms with E-state index >= 15 is 0 Å². The van der Waals surface area contributed by atoms with Gasteiger partial charge in [0.05, 0.1) is 12.8 Å². The third-order valence-electron chi connectivity index (χ3n) is 3.34. The van der Waals surface area contributed by atoms with E-state index < -0.39 is 11.8 Å². The summed E-state index contributed by atoms with van der Waals surface area (Å²) < 4.78 is 24.2. The summed E-state index contributed by atoms with van der Waals surface area (Å²) in [6.07, 6.45) is -0.377. The smallest absolute Gasteiger partial charge is 0.319 e. The first-order chi connectivity index (χ1) is 11.2. The fourth-order valence-electron chi connectivity index (χ4n) is 2.17. The van der Waals surface area contributed by atoms with Crippen LogP contribution in [0.1, 0.15) is 11.7 Å². The standard InChI is InChI=1S/C17H19FN2O3/c1-22-15-10-6-3-7-12(15)16(23-2)11-19-17(21)20-14-9-5-4-8-13(14)18/h3-10,16H,11H2,1-2H3,(H2,19,20,21). The van der Waals surface area contributed by atoms with Crippen LogP contribution in [-0.4, -0.2) is 26.8 Å². The number of methoxy groups -OCH3 is 2. The molecule has 1 atom stereocenters. The van der Waals surface area contributed by atoms with E-state index in [1.165, 1.54) is 12.1 Å². The van der Waals surface area contributed by atoms with Crippen molar-refractivity contribution in [1.29, 1.82) is 0 Å². The Labute approximate surface area is 134 Å². The minimum absolute atomic E-state index is 0.122. The van der Waals surface area contributed by atoms with Gasteiger partial charge in [-0.2, -0.15) is 0 Å². The second kappa shape index (κ2) is 8.14. The molecule has 0 aliphatic rings. The molecule has 0 aliphatic heterocycles. The number of halogens is 1. The molecule has 0 fully saturated rings. The summed E-state index contributed by atoms with van der Waals surface area (Å²) in [6.45, 7) is 0.219. The molecule has 5 nitrogen and oxygen atoms in total. The van der Waals surface area contributed by atoms with Crippen molar-refractivity contribution in [1.82, 2.24) is 5.32 Å². The number of benzene rings is 2. The first-order valence-electron chi connectivity index (χ1n) is 7.10. The third-order valence-corrected chi connectivity index (χ3v) is 3.34. The normalized spacial score (nSPS) is 11.6. The first kappa shape index (κ1) is 16.8. The second-order valence-electron chi connectivity index (χ2n) is 4.78. The van der Waals surface area contributed by atoms with Crippen LogP contribution >= 0.6 is 0 Å². The molecule has 23 heavy (non-hydrogen) atoms. The van der Waals surface area contributed by atoms with E-state index in [0.29, 0.717) is 5.75 Å². The van der Waals surface area contributed by atoms with Gasteiger partial charge in [0.2, 0.25) is 0 Å². The number of anilines is 1. The maximum absolute atomic E-state index is 13.5. The minimum atomic E-state index is -0.507. The van der Waals surface area contributed by atoms with Gasteiger partial charge in [0, 0.05) is 19.2 Å². The number of amides is 2. The Balaban J connectivity index is 1.98. The van der Waals surface area contributed by atoms with Gasteiger partial charge in [0.25, 0.3) is 0 Å². The van der Waals surface area contributed by atoms with Crippen LogP contribution in [-0.2, 0) is 4.74 Å². The molecule has 2 rings (SSSR count). The summed E-state index contributed by atoms with van der Waals surface area (Å²) in [5, 5.41) is 5.12. The van der Waals surface area contributed by atoms with Gasteiger partial charge >= 0.3 is 6.03 Å². The Bertz CT molecular complexity index is 664. The summed E-state index contributed by atoms with van der Waals surface area (Å²) in [4.78, 5) is 11.9. The van der Waals surface area contributed by atoms with E-state index in [-0.39, 0.29) is 18.3 Å². The number of carbonyl (C=O) groups excluding carboxylic acids is 1. The average molecular weight is 318 g/mol. The van der Waals surface area contributed by atoms with Gasteiger partial charge in [-0.25, -0.2) is 9.18 Å². The van der Waals surface area contributed by atoms with E-state index in [1.807, 2.05) is 24.3 Å². The van der Waals surface area contributed by atoms with Crippen LogP contribution in [0.2, 0.25) is 0 Å². The molecule has 2 amide bonds. The Kier molecular flexibility index (Phi) is 5.94. The van der Waals surface area contributed by atoms with Gasteiger partial charge < -0.3 is 20.1 Å². The second-order valence-corrected chi connectivity index (χ2v) is 4.78. The predicted octanol–water partition coefficient (Wildman–Crippen LogP) is 3.34. The summed E-state index contributed by atoms with van der Waals surface area (Å²) >= 11 is 0. The molecule has 2 aromatic carbocycles. The maximum atomic E-state index is 13.5. The van der Waals surface area contributed by atoms with Crippen molar-refractivity contribution >= 4 is 11.7 Å². The molecule has 0 aliphatic carbocycles. The Morgan fingerprint density at radius 1 is 1.13 bits per heavy atom. The maximum Gasteiger partial charge on any atom is 0.319 e. The van der Waals surface area contributed by atoms with Gasteiger partial charge in [0.15, 0.2) is 0 Å². The number of carbonyl (C=O) groups is 1. The van der Waals surface area contributed by atoms with E-state index in [9.17, 15) is 9.18 Å². The van der Waals surface area contributed by atoms with Gasteiger partial charge in [0.1, 0.15) is 17.7 Å². The van der Waals surface area contributed by atoms with Crippen molar-refractivity contribution < 1.29 is 18.7 Å². The molecule has 6 heteroatoms. The zero-order valence-corrected chi connectivity index (χ0v) is 13.0. The van der Waals surface area contributed by atoms with Crippen molar-refractivity contribution in [2.24, 2.45) is 0 Å². The number of urea groups is 1. The lowest BCUT2D eigenvalue weighted by atomic mass is 10.1. The molecule has 0 bridgehead atoms. The van der Waals surface area contributed by atoms with Gasteiger partial charge in [-0.3, -0.25) is 0 Å². The molecule has 0 aromatic heterocycles. The highest BCUT2D eigenvalue weighted by atomic mass is 19.1. The lowest BCUT2D eigenvalue weighted by molar-refractivity contribution is 0.102. The van der Waals surface area contributed by atoms with Crippen LogP contribution in [0.15, 0.2) is 48.5 Å².